The maximum absolute atomic E-state index is 13.3. The Balaban J connectivity index is 2.53. The van der Waals surface area contributed by atoms with Gasteiger partial charge in [0.15, 0.2) is 0 Å². The number of unbranched alkanes of at least 4 members (excludes halogenated alkanes) is 8. The Bertz CT molecular complexity index is 720. The molecule has 8 heteroatoms. The van der Waals surface area contributed by atoms with Crippen molar-refractivity contribution in [3.8, 4) is 0 Å². The molecule has 1 atom stereocenters. The molecule has 0 heterocycles. The van der Waals surface area contributed by atoms with Crippen molar-refractivity contribution < 1.29 is 31.9 Å². The third-order valence-corrected chi connectivity index (χ3v) is 5.23. The minimum Gasteiger partial charge on any atom is -0.464 e. The number of rotatable bonds is 14. The SMILES string of the molecule is CCCCCCCCCCCOC(=O)C(NC(=O)c1ccc(F)cc1C(F)(F)F)C(C)C. The van der Waals surface area contributed by atoms with Crippen LogP contribution in [0.15, 0.2) is 18.2 Å². The predicted molar refractivity (Wildman–Crippen MR) is 116 cm³/mol. The Hall–Kier alpha value is -2.12. The lowest BCUT2D eigenvalue weighted by atomic mass is 10.0. The molecule has 4 nitrogen and oxygen atoms in total. The summed E-state index contributed by atoms with van der Waals surface area (Å²) in [5.74, 6) is -3.29. The first-order valence-corrected chi connectivity index (χ1v) is 11.4. The number of esters is 1. The molecule has 0 fully saturated rings. The average Bonchev–Trinajstić information content (AvgIpc) is 2.72. The second kappa shape index (κ2) is 14.1. The molecule has 32 heavy (non-hydrogen) atoms. The lowest BCUT2D eigenvalue weighted by Crippen LogP contribution is -2.45. The first kappa shape index (κ1) is 27.9. The van der Waals surface area contributed by atoms with E-state index in [1.165, 1.54) is 32.1 Å². The van der Waals surface area contributed by atoms with Crippen molar-refractivity contribution in [2.75, 3.05) is 6.61 Å². The molecule has 1 amide bonds. The molecule has 1 aromatic rings. The van der Waals surface area contributed by atoms with Crippen LogP contribution in [0, 0.1) is 11.7 Å². The van der Waals surface area contributed by atoms with Gasteiger partial charge in [-0.05, 0) is 30.5 Å². The van der Waals surface area contributed by atoms with Gasteiger partial charge >= 0.3 is 12.1 Å². The van der Waals surface area contributed by atoms with Crippen LogP contribution in [-0.2, 0) is 15.7 Å². The van der Waals surface area contributed by atoms with E-state index in [0.717, 1.165) is 31.4 Å². The standard InChI is InChI=1S/C24H35F4NO3/c1-4-5-6-7-8-9-10-11-12-15-32-23(31)21(17(2)3)29-22(30)19-14-13-18(25)16-20(19)24(26,27)28/h13-14,16-17,21H,4-12,15H2,1-3H3,(H,29,30). The number of carbonyl (C=O) groups is 2. The van der Waals surface area contributed by atoms with Gasteiger partial charge in [0.2, 0.25) is 0 Å². The average molecular weight is 462 g/mol. The molecule has 0 aliphatic carbocycles. The summed E-state index contributed by atoms with van der Waals surface area (Å²) in [7, 11) is 0. The van der Waals surface area contributed by atoms with Gasteiger partial charge in [0, 0.05) is 0 Å². The van der Waals surface area contributed by atoms with Crippen LogP contribution in [-0.4, -0.2) is 24.5 Å². The summed E-state index contributed by atoms with van der Waals surface area (Å²) in [6.45, 7) is 5.68. The number of benzene rings is 1. The Labute approximate surface area is 188 Å². The summed E-state index contributed by atoms with van der Waals surface area (Å²) in [4.78, 5) is 24.8. The fraction of sp³-hybridized carbons (Fsp3) is 0.667. The van der Waals surface area contributed by atoms with Crippen molar-refractivity contribution in [2.45, 2.75) is 90.8 Å². The minimum absolute atomic E-state index is 0.193. The molecule has 0 aromatic heterocycles. The van der Waals surface area contributed by atoms with E-state index in [2.05, 4.69) is 12.2 Å². The van der Waals surface area contributed by atoms with Crippen LogP contribution >= 0.6 is 0 Å². The number of nitrogens with one attached hydrogen (secondary N) is 1. The largest absolute Gasteiger partial charge is 0.464 e. The van der Waals surface area contributed by atoms with E-state index in [1.54, 1.807) is 13.8 Å². The third kappa shape index (κ3) is 10.0. The third-order valence-electron chi connectivity index (χ3n) is 5.23. The van der Waals surface area contributed by atoms with Crippen molar-refractivity contribution in [2.24, 2.45) is 5.92 Å². The molecule has 1 aromatic carbocycles. The number of ether oxygens (including phenoxy) is 1. The van der Waals surface area contributed by atoms with E-state index >= 15 is 0 Å². The van der Waals surface area contributed by atoms with Crippen molar-refractivity contribution in [3.05, 3.63) is 35.1 Å². The molecular weight excluding hydrogens is 426 g/mol. The van der Waals surface area contributed by atoms with Crippen LogP contribution in [0.2, 0.25) is 0 Å². The molecule has 1 rings (SSSR count). The molecule has 1 N–H and O–H groups in total. The number of hydrogen-bond donors (Lipinski definition) is 1. The van der Waals surface area contributed by atoms with Gasteiger partial charge in [0.1, 0.15) is 11.9 Å². The number of halogens is 4. The lowest BCUT2D eigenvalue weighted by Gasteiger charge is -2.22. The van der Waals surface area contributed by atoms with Gasteiger partial charge in [-0.2, -0.15) is 13.2 Å². The van der Waals surface area contributed by atoms with E-state index in [4.69, 9.17) is 4.74 Å². The highest BCUT2D eigenvalue weighted by molar-refractivity contribution is 5.98. The molecule has 0 spiro atoms. The maximum atomic E-state index is 13.3. The number of amides is 1. The van der Waals surface area contributed by atoms with Crippen LogP contribution in [0.3, 0.4) is 0 Å². The molecule has 0 saturated heterocycles. The molecule has 1 unspecified atom stereocenters. The van der Waals surface area contributed by atoms with Gasteiger partial charge in [-0.3, -0.25) is 4.79 Å². The predicted octanol–water partition coefficient (Wildman–Crippen LogP) is 6.67. The smallest absolute Gasteiger partial charge is 0.417 e. The Kier molecular flexibility index (Phi) is 12.3. The van der Waals surface area contributed by atoms with E-state index in [0.29, 0.717) is 6.42 Å². The monoisotopic (exact) mass is 461 g/mol. The quantitative estimate of drug-likeness (QED) is 0.191. The fourth-order valence-electron chi connectivity index (χ4n) is 3.34. The van der Waals surface area contributed by atoms with E-state index in [1.807, 2.05) is 0 Å². The second-order valence-corrected chi connectivity index (χ2v) is 8.38. The normalized spacial score (nSPS) is 12.6. The zero-order valence-electron chi connectivity index (χ0n) is 19.2. The van der Waals surface area contributed by atoms with Crippen LogP contribution < -0.4 is 5.32 Å². The van der Waals surface area contributed by atoms with Gasteiger partial charge < -0.3 is 10.1 Å². The maximum Gasteiger partial charge on any atom is 0.417 e. The Morgan fingerprint density at radius 2 is 1.53 bits per heavy atom. The molecule has 0 aliphatic heterocycles. The molecule has 182 valence electrons. The fourth-order valence-corrected chi connectivity index (χ4v) is 3.34. The van der Waals surface area contributed by atoms with Gasteiger partial charge in [-0.1, -0.05) is 72.1 Å². The first-order valence-electron chi connectivity index (χ1n) is 11.4. The van der Waals surface area contributed by atoms with Gasteiger partial charge in [-0.15, -0.1) is 0 Å². The first-order chi connectivity index (χ1) is 15.1. The topological polar surface area (TPSA) is 55.4 Å². The number of hydrogen-bond acceptors (Lipinski definition) is 3. The summed E-state index contributed by atoms with van der Waals surface area (Å²) in [5, 5.41) is 2.31. The Morgan fingerprint density at radius 1 is 0.969 bits per heavy atom. The van der Waals surface area contributed by atoms with Gasteiger partial charge in [-0.25, -0.2) is 9.18 Å². The van der Waals surface area contributed by atoms with Crippen LogP contribution in [0.4, 0.5) is 17.6 Å². The minimum atomic E-state index is -4.90. The van der Waals surface area contributed by atoms with Crippen molar-refractivity contribution >= 4 is 11.9 Å². The zero-order valence-corrected chi connectivity index (χ0v) is 19.2. The Morgan fingerprint density at radius 3 is 2.06 bits per heavy atom. The molecule has 0 bridgehead atoms. The molecule has 0 radical (unpaired) electrons. The highest BCUT2D eigenvalue weighted by Gasteiger charge is 2.37. The van der Waals surface area contributed by atoms with Crippen LogP contribution in [0.5, 0.6) is 0 Å². The van der Waals surface area contributed by atoms with Crippen LogP contribution in [0.25, 0.3) is 0 Å². The lowest BCUT2D eigenvalue weighted by molar-refractivity contribution is -0.147. The van der Waals surface area contributed by atoms with Crippen molar-refractivity contribution in [1.29, 1.82) is 0 Å². The number of alkyl halides is 3. The summed E-state index contributed by atoms with van der Waals surface area (Å²) in [6.07, 6.45) is 5.09. The summed E-state index contributed by atoms with van der Waals surface area (Å²) in [6, 6.07) is 0.698. The van der Waals surface area contributed by atoms with E-state index in [-0.39, 0.29) is 12.7 Å². The summed E-state index contributed by atoms with van der Waals surface area (Å²) < 4.78 is 58.0. The summed E-state index contributed by atoms with van der Waals surface area (Å²) in [5.41, 5.74) is -2.13. The summed E-state index contributed by atoms with van der Waals surface area (Å²) >= 11 is 0. The highest BCUT2D eigenvalue weighted by Crippen LogP contribution is 2.32. The van der Waals surface area contributed by atoms with E-state index in [9.17, 15) is 27.2 Å². The van der Waals surface area contributed by atoms with Gasteiger partial charge in [0.25, 0.3) is 5.91 Å². The van der Waals surface area contributed by atoms with Crippen molar-refractivity contribution in [1.82, 2.24) is 5.32 Å². The second-order valence-electron chi connectivity index (χ2n) is 8.38. The highest BCUT2D eigenvalue weighted by atomic mass is 19.4. The van der Waals surface area contributed by atoms with E-state index < -0.39 is 47.0 Å². The zero-order chi connectivity index (χ0) is 24.1. The van der Waals surface area contributed by atoms with Crippen molar-refractivity contribution in [3.63, 3.8) is 0 Å². The number of carbonyl (C=O) groups excluding carboxylic acids is 2. The molecule has 0 aliphatic rings. The van der Waals surface area contributed by atoms with Crippen LogP contribution in [0.1, 0.15) is 94.5 Å². The molecular formula is C24H35F4NO3. The molecule has 0 saturated carbocycles. The van der Waals surface area contributed by atoms with Gasteiger partial charge in [0.05, 0.1) is 17.7 Å².